The second-order valence-corrected chi connectivity index (χ2v) is 4.35. The van der Waals surface area contributed by atoms with E-state index in [-0.39, 0.29) is 17.0 Å². The van der Waals surface area contributed by atoms with Gasteiger partial charge in [-0.15, -0.1) is 17.0 Å². The summed E-state index contributed by atoms with van der Waals surface area (Å²) in [5, 5.41) is 4.18. The van der Waals surface area contributed by atoms with Crippen LogP contribution in [0.5, 0.6) is 0 Å². The normalized spacial score (nSPS) is 9.83. The number of benzene rings is 1. The van der Waals surface area contributed by atoms with E-state index in [1.54, 1.807) is 6.20 Å². The quantitative estimate of drug-likeness (QED) is 0.848. The van der Waals surface area contributed by atoms with E-state index in [0.29, 0.717) is 0 Å². The van der Waals surface area contributed by atoms with Gasteiger partial charge in [-0.1, -0.05) is 29.8 Å². The molecule has 4 heteroatoms. The lowest BCUT2D eigenvalue weighted by Crippen LogP contribution is -2.16. The minimum Gasteiger partial charge on any atom is -0.312 e. The van der Waals surface area contributed by atoms with E-state index in [1.807, 2.05) is 24.4 Å². The van der Waals surface area contributed by atoms with Gasteiger partial charge in [0.2, 0.25) is 0 Å². The molecule has 1 aromatic heterocycles. The molecule has 0 atom stereocenters. The molecule has 2 rings (SSSR count). The van der Waals surface area contributed by atoms with Gasteiger partial charge >= 0.3 is 0 Å². The molecule has 1 heterocycles. The molecule has 2 nitrogen and oxygen atoms in total. The van der Waals surface area contributed by atoms with Crippen molar-refractivity contribution in [2.24, 2.45) is 0 Å². The zero-order chi connectivity index (χ0) is 11.9. The van der Waals surface area contributed by atoms with Crippen LogP contribution < -0.4 is 5.32 Å². The van der Waals surface area contributed by atoms with Crippen molar-refractivity contribution >= 4 is 28.6 Å². The van der Waals surface area contributed by atoms with Crippen molar-refractivity contribution < 1.29 is 0 Å². The second kappa shape index (κ2) is 8.25. The van der Waals surface area contributed by atoms with Crippen molar-refractivity contribution in [1.29, 1.82) is 0 Å². The third kappa shape index (κ3) is 5.17. The van der Waals surface area contributed by atoms with Crippen LogP contribution in [0, 0.1) is 0 Å². The first-order chi connectivity index (χ1) is 8.34. The maximum Gasteiger partial charge on any atom is 0.0406 e. The molecule has 18 heavy (non-hydrogen) atoms. The molecule has 0 bridgehead atoms. The average Bonchev–Trinajstić information content (AvgIpc) is 2.38. The smallest absolute Gasteiger partial charge is 0.0406 e. The topological polar surface area (TPSA) is 24.9 Å². The summed E-state index contributed by atoms with van der Waals surface area (Å²) in [4.78, 5) is 4.08. The summed E-state index contributed by atoms with van der Waals surface area (Å²) in [6.07, 6.45) is 4.68. The molecule has 0 spiro atoms. The fourth-order valence-corrected chi connectivity index (χ4v) is 1.75. The van der Waals surface area contributed by atoms with Crippen LogP contribution in [0.15, 0.2) is 48.8 Å². The minimum atomic E-state index is 0. The summed E-state index contributed by atoms with van der Waals surface area (Å²) in [5.41, 5.74) is 2.51. The fraction of sp³-hybridized carbons (Fsp3) is 0.214. The summed E-state index contributed by atoms with van der Waals surface area (Å²) in [7, 11) is 0. The number of hydrogen-bond acceptors (Lipinski definition) is 2. The second-order valence-electron chi connectivity index (χ2n) is 3.91. The van der Waals surface area contributed by atoms with E-state index < -0.39 is 0 Å². The van der Waals surface area contributed by atoms with Crippen LogP contribution in [0.4, 0.5) is 0 Å². The molecule has 0 aliphatic rings. The van der Waals surface area contributed by atoms with Crippen LogP contribution >= 0.6 is 28.6 Å². The van der Waals surface area contributed by atoms with Crippen LogP contribution in [0.1, 0.15) is 11.1 Å². The first-order valence-corrected chi connectivity index (χ1v) is 6.06. The maximum absolute atomic E-state index is 5.83. The molecule has 1 N–H and O–H groups in total. The molecule has 0 aliphatic carbocycles. The van der Waals surface area contributed by atoms with E-state index >= 15 is 0 Å². The molecule has 1 aromatic carbocycles. The van der Waals surface area contributed by atoms with Crippen molar-refractivity contribution in [2.45, 2.75) is 13.0 Å². The van der Waals surface area contributed by atoms with Gasteiger partial charge in [0.1, 0.15) is 0 Å². The van der Waals surface area contributed by atoms with Crippen LogP contribution in [-0.4, -0.2) is 11.5 Å². The number of aromatic nitrogens is 1. The van der Waals surface area contributed by atoms with Gasteiger partial charge in [-0.2, -0.15) is 0 Å². The van der Waals surface area contributed by atoms with Crippen molar-refractivity contribution in [2.75, 3.05) is 6.54 Å². The summed E-state index contributed by atoms with van der Waals surface area (Å²) < 4.78 is 0. The first kappa shape index (κ1) is 15.2. The van der Waals surface area contributed by atoms with Gasteiger partial charge in [0.05, 0.1) is 0 Å². The molecule has 2 aromatic rings. The standard InChI is InChI=1S/C14H15ClN2.BrH/c15-14-5-3-12(4-6-14)7-9-17-11-13-2-1-8-16-10-13;/h1-6,8,10,17H,7,9,11H2;1H. The van der Waals surface area contributed by atoms with Gasteiger partial charge in [-0.25, -0.2) is 0 Å². The Kier molecular flexibility index (Phi) is 6.94. The molecule has 0 aliphatic heterocycles. The average molecular weight is 328 g/mol. The highest BCUT2D eigenvalue weighted by atomic mass is 79.9. The van der Waals surface area contributed by atoms with E-state index in [1.165, 1.54) is 11.1 Å². The summed E-state index contributed by atoms with van der Waals surface area (Å²) in [6, 6.07) is 12.0. The lowest BCUT2D eigenvalue weighted by Gasteiger charge is -2.04. The van der Waals surface area contributed by atoms with Crippen molar-refractivity contribution in [3.05, 3.63) is 64.9 Å². The molecule has 0 fully saturated rings. The van der Waals surface area contributed by atoms with E-state index in [2.05, 4.69) is 28.5 Å². The Balaban J connectivity index is 0.00000162. The van der Waals surface area contributed by atoms with Crippen LogP contribution in [-0.2, 0) is 13.0 Å². The molecule has 0 radical (unpaired) electrons. The van der Waals surface area contributed by atoms with Crippen molar-refractivity contribution in [3.8, 4) is 0 Å². The molecular formula is C14H16BrClN2. The number of nitrogens with one attached hydrogen (secondary N) is 1. The van der Waals surface area contributed by atoms with Gasteiger partial charge < -0.3 is 5.32 Å². The molecule has 96 valence electrons. The molecular weight excluding hydrogens is 312 g/mol. The molecule has 0 saturated heterocycles. The summed E-state index contributed by atoms with van der Waals surface area (Å²) >= 11 is 5.83. The minimum absolute atomic E-state index is 0. The zero-order valence-corrected chi connectivity index (χ0v) is 12.4. The third-order valence-corrected chi connectivity index (χ3v) is 2.81. The fourth-order valence-electron chi connectivity index (χ4n) is 1.62. The monoisotopic (exact) mass is 326 g/mol. The highest BCUT2D eigenvalue weighted by molar-refractivity contribution is 8.93. The Bertz CT molecular complexity index is 445. The van der Waals surface area contributed by atoms with Gasteiger partial charge in [-0.3, -0.25) is 4.98 Å². The largest absolute Gasteiger partial charge is 0.312 e. The zero-order valence-electron chi connectivity index (χ0n) is 9.97. The first-order valence-electron chi connectivity index (χ1n) is 5.68. The summed E-state index contributed by atoms with van der Waals surface area (Å²) in [5.74, 6) is 0. The molecule has 0 saturated carbocycles. The van der Waals surface area contributed by atoms with E-state index in [9.17, 15) is 0 Å². The Morgan fingerprint density at radius 2 is 1.83 bits per heavy atom. The Morgan fingerprint density at radius 1 is 1.06 bits per heavy atom. The predicted molar refractivity (Wildman–Crippen MR) is 81.4 cm³/mol. The lowest BCUT2D eigenvalue weighted by atomic mass is 10.1. The van der Waals surface area contributed by atoms with Gasteiger partial charge in [0.25, 0.3) is 0 Å². The molecule has 0 amide bonds. The van der Waals surface area contributed by atoms with Gasteiger partial charge in [0, 0.05) is 24.0 Å². The van der Waals surface area contributed by atoms with Gasteiger partial charge in [0.15, 0.2) is 0 Å². The van der Waals surface area contributed by atoms with E-state index in [4.69, 9.17) is 11.6 Å². The number of rotatable bonds is 5. The van der Waals surface area contributed by atoms with E-state index in [0.717, 1.165) is 24.5 Å². The highest BCUT2D eigenvalue weighted by Gasteiger charge is 1.94. The van der Waals surface area contributed by atoms with Crippen molar-refractivity contribution in [1.82, 2.24) is 10.3 Å². The maximum atomic E-state index is 5.83. The number of halogens is 2. The number of nitrogens with zero attached hydrogens (tertiary/aromatic N) is 1. The molecule has 0 unspecified atom stereocenters. The van der Waals surface area contributed by atoms with Crippen LogP contribution in [0.3, 0.4) is 0 Å². The number of hydrogen-bond donors (Lipinski definition) is 1. The SMILES string of the molecule is Br.Clc1ccc(CCNCc2cccnc2)cc1. The Morgan fingerprint density at radius 3 is 2.50 bits per heavy atom. The third-order valence-electron chi connectivity index (χ3n) is 2.56. The summed E-state index contributed by atoms with van der Waals surface area (Å²) in [6.45, 7) is 1.82. The number of pyridine rings is 1. The lowest BCUT2D eigenvalue weighted by molar-refractivity contribution is 0.685. The Hall–Kier alpha value is -0.900. The van der Waals surface area contributed by atoms with Crippen LogP contribution in [0.25, 0.3) is 0 Å². The highest BCUT2D eigenvalue weighted by Crippen LogP contribution is 2.09. The Labute approximate surface area is 123 Å². The van der Waals surface area contributed by atoms with Crippen molar-refractivity contribution in [3.63, 3.8) is 0 Å². The van der Waals surface area contributed by atoms with Crippen LogP contribution in [0.2, 0.25) is 5.02 Å². The van der Waals surface area contributed by atoms with Gasteiger partial charge in [-0.05, 0) is 42.3 Å². The predicted octanol–water partition coefficient (Wildman–Crippen LogP) is 3.65.